The number of nitrogens with one attached hydrogen (secondary N) is 1. The SMILES string of the molecule is NS(=O)(=O)c1ccc(NCC2(c3cccc(C(F)(F)F)c3)CC2)c([N+](=O)[O-])c1. The fraction of sp³-hybridized carbons (Fsp3) is 0.294. The standard InChI is InChI=1S/C17H16F3N3O4S/c18-17(19,20)12-3-1-2-11(8-12)16(6-7-16)10-22-14-5-4-13(28(21,26)27)9-15(14)23(24)25/h1-5,8-9,22H,6-7,10H2,(H2,21,26,27). The molecule has 1 aliphatic rings. The van der Waals surface area contributed by atoms with Crippen molar-refractivity contribution in [1.29, 1.82) is 0 Å². The average Bonchev–Trinajstić information content (AvgIpc) is 3.39. The van der Waals surface area contributed by atoms with Crippen LogP contribution in [0.15, 0.2) is 47.4 Å². The van der Waals surface area contributed by atoms with Gasteiger partial charge < -0.3 is 5.32 Å². The molecule has 0 spiro atoms. The van der Waals surface area contributed by atoms with E-state index >= 15 is 0 Å². The van der Waals surface area contributed by atoms with Gasteiger partial charge in [0.25, 0.3) is 5.69 Å². The van der Waals surface area contributed by atoms with Crippen molar-refractivity contribution in [3.05, 3.63) is 63.7 Å². The van der Waals surface area contributed by atoms with Crippen molar-refractivity contribution < 1.29 is 26.5 Å². The smallest absolute Gasteiger partial charge is 0.379 e. The summed E-state index contributed by atoms with van der Waals surface area (Å²) in [4.78, 5) is 10.1. The van der Waals surface area contributed by atoms with Crippen molar-refractivity contribution >= 4 is 21.4 Å². The molecule has 0 aliphatic heterocycles. The second-order valence-electron chi connectivity index (χ2n) is 6.69. The summed E-state index contributed by atoms with van der Waals surface area (Å²) in [5.41, 5.74) is -1.23. The number of benzene rings is 2. The molecule has 0 atom stereocenters. The molecule has 7 nitrogen and oxygen atoms in total. The van der Waals surface area contributed by atoms with Gasteiger partial charge in [-0.1, -0.05) is 18.2 Å². The van der Waals surface area contributed by atoms with Crippen LogP contribution in [0.4, 0.5) is 24.5 Å². The van der Waals surface area contributed by atoms with Crippen molar-refractivity contribution in [3.8, 4) is 0 Å². The topological polar surface area (TPSA) is 115 Å². The summed E-state index contributed by atoms with van der Waals surface area (Å²) in [5, 5.41) is 19.1. The van der Waals surface area contributed by atoms with E-state index in [2.05, 4.69) is 5.32 Å². The minimum absolute atomic E-state index is 0.0654. The summed E-state index contributed by atoms with van der Waals surface area (Å²) in [5.74, 6) is 0. The van der Waals surface area contributed by atoms with E-state index in [0.29, 0.717) is 18.4 Å². The number of nitro benzene ring substituents is 1. The third-order valence-corrected chi connectivity index (χ3v) is 5.68. The number of hydrogen-bond acceptors (Lipinski definition) is 5. The first-order valence-corrected chi connectivity index (χ1v) is 9.70. The Bertz CT molecular complexity index is 1030. The molecule has 0 radical (unpaired) electrons. The van der Waals surface area contributed by atoms with Crippen molar-refractivity contribution in [2.45, 2.75) is 29.3 Å². The Balaban J connectivity index is 1.85. The van der Waals surface area contributed by atoms with E-state index in [-0.39, 0.29) is 12.2 Å². The first kappa shape index (κ1) is 20.1. The zero-order valence-corrected chi connectivity index (χ0v) is 15.2. The van der Waals surface area contributed by atoms with Crippen LogP contribution in [0.1, 0.15) is 24.0 Å². The molecule has 2 aromatic rings. The Morgan fingerprint density at radius 1 is 1.18 bits per heavy atom. The Labute approximate surface area is 158 Å². The maximum absolute atomic E-state index is 13.0. The minimum Gasteiger partial charge on any atom is -0.379 e. The molecule has 11 heteroatoms. The van der Waals surface area contributed by atoms with Crippen LogP contribution in [0.25, 0.3) is 0 Å². The average molecular weight is 415 g/mol. The molecule has 0 aromatic heterocycles. The lowest BCUT2D eigenvalue weighted by Crippen LogP contribution is -2.21. The number of rotatable bonds is 6. The van der Waals surface area contributed by atoms with Crippen LogP contribution in [0.2, 0.25) is 0 Å². The summed E-state index contributed by atoms with van der Waals surface area (Å²) in [6.07, 6.45) is -3.20. The van der Waals surface area contributed by atoms with Crippen LogP contribution in [0.3, 0.4) is 0 Å². The fourth-order valence-corrected chi connectivity index (χ4v) is 3.53. The van der Waals surface area contributed by atoms with Gasteiger partial charge in [-0.25, -0.2) is 13.6 Å². The molecule has 0 saturated heterocycles. The van der Waals surface area contributed by atoms with Gasteiger partial charge in [-0.3, -0.25) is 10.1 Å². The summed E-state index contributed by atoms with van der Waals surface area (Å²) in [6.45, 7) is 0.171. The number of nitrogens with zero attached hydrogens (tertiary/aromatic N) is 1. The third-order valence-electron chi connectivity index (χ3n) is 4.77. The predicted octanol–water partition coefficient (Wildman–Crippen LogP) is 3.40. The maximum Gasteiger partial charge on any atom is 0.416 e. The normalized spacial score (nSPS) is 15.9. The van der Waals surface area contributed by atoms with Gasteiger partial charge in [0.15, 0.2) is 0 Å². The molecule has 0 unspecified atom stereocenters. The molecule has 0 bridgehead atoms. The number of nitro groups is 1. The highest BCUT2D eigenvalue weighted by molar-refractivity contribution is 7.89. The number of anilines is 1. The van der Waals surface area contributed by atoms with Crippen molar-refractivity contribution in [2.75, 3.05) is 11.9 Å². The van der Waals surface area contributed by atoms with E-state index in [1.807, 2.05) is 0 Å². The predicted molar refractivity (Wildman–Crippen MR) is 95.3 cm³/mol. The lowest BCUT2D eigenvalue weighted by atomic mass is 9.94. The van der Waals surface area contributed by atoms with Crippen LogP contribution < -0.4 is 10.5 Å². The lowest BCUT2D eigenvalue weighted by molar-refractivity contribution is -0.384. The number of primary sulfonamides is 1. The second kappa shape index (κ2) is 6.74. The molecular formula is C17H16F3N3O4S. The van der Waals surface area contributed by atoms with Crippen LogP contribution in [-0.4, -0.2) is 19.9 Å². The van der Waals surface area contributed by atoms with Gasteiger partial charge in [-0.05, 0) is 36.6 Å². The largest absolute Gasteiger partial charge is 0.416 e. The Morgan fingerprint density at radius 3 is 2.39 bits per heavy atom. The first-order chi connectivity index (χ1) is 12.9. The zero-order valence-electron chi connectivity index (χ0n) is 14.4. The maximum atomic E-state index is 13.0. The molecule has 28 heavy (non-hydrogen) atoms. The quantitative estimate of drug-likeness (QED) is 0.554. The van der Waals surface area contributed by atoms with Crippen LogP contribution in [0.5, 0.6) is 0 Å². The van der Waals surface area contributed by atoms with E-state index in [9.17, 15) is 31.7 Å². The van der Waals surface area contributed by atoms with Crippen molar-refractivity contribution in [1.82, 2.24) is 0 Å². The number of hydrogen-bond donors (Lipinski definition) is 2. The molecule has 3 rings (SSSR count). The van der Waals surface area contributed by atoms with Gasteiger partial charge in [0.2, 0.25) is 10.0 Å². The molecule has 0 heterocycles. The number of nitrogens with two attached hydrogens (primary N) is 1. The van der Waals surface area contributed by atoms with Gasteiger partial charge in [0.05, 0.1) is 15.4 Å². The highest BCUT2D eigenvalue weighted by Gasteiger charge is 2.45. The molecule has 1 aliphatic carbocycles. The van der Waals surface area contributed by atoms with Gasteiger partial charge in [0.1, 0.15) is 5.69 Å². The second-order valence-corrected chi connectivity index (χ2v) is 8.25. The summed E-state index contributed by atoms with van der Waals surface area (Å²) >= 11 is 0. The minimum atomic E-state index is -4.46. The van der Waals surface area contributed by atoms with Gasteiger partial charge >= 0.3 is 6.18 Å². The molecule has 2 aromatic carbocycles. The van der Waals surface area contributed by atoms with E-state index in [1.165, 1.54) is 12.1 Å². The zero-order chi connectivity index (χ0) is 20.7. The number of alkyl halides is 3. The monoisotopic (exact) mass is 415 g/mol. The molecular weight excluding hydrogens is 399 g/mol. The van der Waals surface area contributed by atoms with Gasteiger partial charge in [0, 0.05) is 18.0 Å². The summed E-state index contributed by atoms with van der Waals surface area (Å²) in [7, 11) is -4.11. The Kier molecular flexibility index (Phi) is 4.84. The highest BCUT2D eigenvalue weighted by Crippen LogP contribution is 2.49. The van der Waals surface area contributed by atoms with E-state index in [1.54, 1.807) is 6.07 Å². The van der Waals surface area contributed by atoms with Crippen LogP contribution in [-0.2, 0) is 21.6 Å². The lowest BCUT2D eigenvalue weighted by Gasteiger charge is -2.19. The molecule has 1 fully saturated rings. The van der Waals surface area contributed by atoms with Crippen LogP contribution >= 0.6 is 0 Å². The summed E-state index contributed by atoms with van der Waals surface area (Å²) < 4.78 is 61.6. The highest BCUT2D eigenvalue weighted by atomic mass is 32.2. The van der Waals surface area contributed by atoms with E-state index < -0.39 is 42.7 Å². The Morgan fingerprint density at radius 2 is 1.86 bits per heavy atom. The van der Waals surface area contributed by atoms with E-state index in [0.717, 1.165) is 24.3 Å². The number of sulfonamides is 1. The van der Waals surface area contributed by atoms with Crippen molar-refractivity contribution in [2.24, 2.45) is 5.14 Å². The summed E-state index contributed by atoms with van der Waals surface area (Å²) in [6, 6.07) is 8.22. The molecule has 3 N–H and O–H groups in total. The molecule has 0 amide bonds. The van der Waals surface area contributed by atoms with Crippen molar-refractivity contribution in [3.63, 3.8) is 0 Å². The first-order valence-electron chi connectivity index (χ1n) is 8.15. The third kappa shape index (κ3) is 4.09. The van der Waals surface area contributed by atoms with E-state index in [4.69, 9.17) is 5.14 Å². The van der Waals surface area contributed by atoms with Crippen LogP contribution in [0, 0.1) is 10.1 Å². The molecule has 150 valence electrons. The van der Waals surface area contributed by atoms with Gasteiger partial charge in [-0.2, -0.15) is 13.2 Å². The number of halogens is 3. The fourth-order valence-electron chi connectivity index (χ4n) is 3.00. The Hall–Kier alpha value is -2.66. The molecule has 1 saturated carbocycles. The van der Waals surface area contributed by atoms with Gasteiger partial charge in [-0.15, -0.1) is 0 Å².